The van der Waals surface area contributed by atoms with Crippen molar-refractivity contribution in [1.29, 1.82) is 0 Å². The van der Waals surface area contributed by atoms with Gasteiger partial charge in [-0.15, -0.1) is 0 Å². The molecule has 0 aliphatic rings. The van der Waals surface area contributed by atoms with Crippen LogP contribution in [0.1, 0.15) is 26.6 Å². The maximum absolute atomic E-state index is 13.3. The van der Waals surface area contributed by atoms with Crippen LogP contribution in [0, 0.1) is 11.7 Å². The average Bonchev–Trinajstić information content (AvgIpc) is 2.90. The van der Waals surface area contributed by atoms with Crippen molar-refractivity contribution in [3.63, 3.8) is 0 Å². The number of aromatic nitrogens is 2. The van der Waals surface area contributed by atoms with E-state index in [9.17, 15) is 4.39 Å². The van der Waals surface area contributed by atoms with Gasteiger partial charge in [-0.3, -0.25) is 0 Å². The lowest BCUT2D eigenvalue weighted by Crippen LogP contribution is -2.11. The Balaban J connectivity index is 1.92. The molecule has 3 aromatic rings. The summed E-state index contributed by atoms with van der Waals surface area (Å²) >= 11 is 0. The Labute approximate surface area is 147 Å². The summed E-state index contributed by atoms with van der Waals surface area (Å²) in [5, 5.41) is 0. The zero-order valence-corrected chi connectivity index (χ0v) is 14.8. The molecule has 0 atom stereocenters. The molecule has 0 bridgehead atoms. The van der Waals surface area contributed by atoms with Gasteiger partial charge in [0.05, 0.1) is 17.6 Å². The number of rotatable bonds is 7. The molecule has 1 aromatic heterocycles. The van der Waals surface area contributed by atoms with Crippen molar-refractivity contribution in [3.05, 3.63) is 54.1 Å². The van der Waals surface area contributed by atoms with Crippen LogP contribution in [0.2, 0.25) is 0 Å². The lowest BCUT2D eigenvalue weighted by Gasteiger charge is -2.13. The predicted octanol–water partition coefficient (Wildman–Crippen LogP) is 4.81. The van der Waals surface area contributed by atoms with Gasteiger partial charge in [-0.2, -0.15) is 0 Å². The minimum atomic E-state index is -0.311. The first-order valence-electron chi connectivity index (χ1n) is 8.57. The molecule has 0 amide bonds. The van der Waals surface area contributed by atoms with Crippen molar-refractivity contribution in [1.82, 2.24) is 9.55 Å². The maximum atomic E-state index is 13.3. The molecule has 0 aliphatic heterocycles. The van der Waals surface area contributed by atoms with E-state index in [1.165, 1.54) is 12.1 Å². The fraction of sp³-hybridized carbons (Fsp3) is 0.350. The van der Waals surface area contributed by atoms with Gasteiger partial charge in [-0.1, -0.05) is 19.9 Å². The second-order valence-corrected chi connectivity index (χ2v) is 6.36. The quantitative estimate of drug-likeness (QED) is 0.618. The highest BCUT2D eigenvalue weighted by Gasteiger charge is 2.14. The number of halogens is 1. The number of fused-ring (bicyclic) bond motifs is 1. The Bertz CT molecular complexity index is 858. The van der Waals surface area contributed by atoms with E-state index in [1.54, 1.807) is 12.1 Å². The van der Waals surface area contributed by atoms with E-state index in [0.29, 0.717) is 18.3 Å². The van der Waals surface area contributed by atoms with E-state index >= 15 is 0 Å². The van der Waals surface area contributed by atoms with E-state index < -0.39 is 0 Å². The third-order valence-electron chi connectivity index (χ3n) is 3.82. The van der Waals surface area contributed by atoms with Gasteiger partial charge in [0, 0.05) is 18.7 Å². The van der Waals surface area contributed by atoms with Crippen molar-refractivity contribution >= 4 is 11.0 Å². The Kier molecular flexibility index (Phi) is 5.22. The molecule has 0 N–H and O–H groups in total. The molecule has 0 saturated heterocycles. The molecule has 4 nitrogen and oxygen atoms in total. The van der Waals surface area contributed by atoms with Gasteiger partial charge in [0.2, 0.25) is 0 Å². The molecule has 132 valence electrons. The third kappa shape index (κ3) is 4.10. The van der Waals surface area contributed by atoms with Crippen LogP contribution < -0.4 is 9.47 Å². The molecule has 3 rings (SSSR count). The summed E-state index contributed by atoms with van der Waals surface area (Å²) in [7, 11) is 0. The number of hydrogen-bond donors (Lipinski definition) is 0. The molecule has 25 heavy (non-hydrogen) atoms. The third-order valence-corrected chi connectivity index (χ3v) is 3.82. The van der Waals surface area contributed by atoms with Crippen LogP contribution in [0.15, 0.2) is 42.5 Å². The molecular formula is C20H23FN2O2. The largest absolute Gasteiger partial charge is 0.494 e. The Hall–Kier alpha value is -2.56. The smallest absolute Gasteiger partial charge is 0.148 e. The maximum Gasteiger partial charge on any atom is 0.148 e. The highest BCUT2D eigenvalue weighted by atomic mass is 19.1. The summed E-state index contributed by atoms with van der Waals surface area (Å²) in [5.74, 6) is 2.30. The normalized spacial score (nSPS) is 11.2. The van der Waals surface area contributed by atoms with Crippen LogP contribution in [0.3, 0.4) is 0 Å². The van der Waals surface area contributed by atoms with Gasteiger partial charge in [0.15, 0.2) is 0 Å². The summed E-state index contributed by atoms with van der Waals surface area (Å²) < 4.78 is 26.8. The van der Waals surface area contributed by atoms with Crippen molar-refractivity contribution in [3.8, 4) is 11.5 Å². The SMILES string of the molecule is CCOc1ccc2nc(COc3cccc(F)c3)n(CC(C)C)c2c1. The van der Waals surface area contributed by atoms with Gasteiger partial charge in [0.25, 0.3) is 0 Å². The Morgan fingerprint density at radius 3 is 2.60 bits per heavy atom. The number of benzene rings is 2. The van der Waals surface area contributed by atoms with Gasteiger partial charge in [0.1, 0.15) is 29.7 Å². The minimum Gasteiger partial charge on any atom is -0.494 e. The topological polar surface area (TPSA) is 36.3 Å². The second-order valence-electron chi connectivity index (χ2n) is 6.36. The molecule has 0 aliphatic carbocycles. The lowest BCUT2D eigenvalue weighted by molar-refractivity contribution is 0.286. The van der Waals surface area contributed by atoms with E-state index in [2.05, 4.69) is 18.4 Å². The van der Waals surface area contributed by atoms with Crippen molar-refractivity contribution in [2.24, 2.45) is 5.92 Å². The molecule has 0 spiro atoms. The van der Waals surface area contributed by atoms with Crippen molar-refractivity contribution in [2.75, 3.05) is 6.61 Å². The van der Waals surface area contributed by atoms with Crippen LogP contribution in [-0.4, -0.2) is 16.2 Å². The second kappa shape index (κ2) is 7.55. The predicted molar refractivity (Wildman–Crippen MR) is 96.5 cm³/mol. The zero-order valence-electron chi connectivity index (χ0n) is 14.8. The fourth-order valence-electron chi connectivity index (χ4n) is 2.79. The molecule has 0 unspecified atom stereocenters. The molecule has 0 radical (unpaired) electrons. The molecule has 1 heterocycles. The lowest BCUT2D eigenvalue weighted by atomic mass is 10.2. The summed E-state index contributed by atoms with van der Waals surface area (Å²) in [5.41, 5.74) is 1.93. The first-order chi connectivity index (χ1) is 12.1. The Morgan fingerprint density at radius 2 is 1.88 bits per heavy atom. The van der Waals surface area contributed by atoms with Gasteiger partial charge in [-0.05, 0) is 37.1 Å². The highest BCUT2D eigenvalue weighted by Crippen LogP contribution is 2.24. The van der Waals surface area contributed by atoms with E-state index in [4.69, 9.17) is 14.5 Å². The first-order valence-corrected chi connectivity index (χ1v) is 8.57. The van der Waals surface area contributed by atoms with Gasteiger partial charge in [-0.25, -0.2) is 9.37 Å². The highest BCUT2D eigenvalue weighted by molar-refractivity contribution is 5.77. The van der Waals surface area contributed by atoms with Crippen LogP contribution in [0.4, 0.5) is 4.39 Å². The monoisotopic (exact) mass is 342 g/mol. The van der Waals surface area contributed by atoms with Gasteiger partial charge >= 0.3 is 0 Å². The molecule has 5 heteroatoms. The first kappa shape index (κ1) is 17.3. The fourth-order valence-corrected chi connectivity index (χ4v) is 2.79. The van der Waals surface area contributed by atoms with Crippen LogP contribution in [0.25, 0.3) is 11.0 Å². The number of ether oxygens (including phenoxy) is 2. The summed E-state index contributed by atoms with van der Waals surface area (Å²) in [6.07, 6.45) is 0. The summed E-state index contributed by atoms with van der Waals surface area (Å²) in [6.45, 7) is 8.03. The average molecular weight is 342 g/mol. The van der Waals surface area contributed by atoms with Crippen molar-refractivity contribution < 1.29 is 13.9 Å². The van der Waals surface area contributed by atoms with Crippen LogP contribution >= 0.6 is 0 Å². The number of hydrogen-bond acceptors (Lipinski definition) is 3. The molecule has 0 fully saturated rings. The zero-order chi connectivity index (χ0) is 17.8. The van der Waals surface area contributed by atoms with E-state index in [-0.39, 0.29) is 12.4 Å². The van der Waals surface area contributed by atoms with E-state index in [0.717, 1.165) is 29.2 Å². The Morgan fingerprint density at radius 1 is 1.08 bits per heavy atom. The van der Waals surface area contributed by atoms with Crippen molar-refractivity contribution in [2.45, 2.75) is 33.9 Å². The standard InChI is InChI=1S/C20H23FN2O2/c1-4-24-17-8-9-18-19(11-17)23(12-14(2)3)20(22-18)13-25-16-7-5-6-15(21)10-16/h5-11,14H,4,12-13H2,1-3H3. The molecule has 2 aromatic carbocycles. The van der Waals surface area contributed by atoms with Crippen LogP contribution in [0.5, 0.6) is 11.5 Å². The number of imidazole rings is 1. The van der Waals surface area contributed by atoms with Crippen LogP contribution in [-0.2, 0) is 13.2 Å². The summed E-state index contributed by atoms with van der Waals surface area (Å²) in [6, 6.07) is 12.1. The molecular weight excluding hydrogens is 319 g/mol. The minimum absolute atomic E-state index is 0.287. The molecule has 0 saturated carbocycles. The number of nitrogens with zero attached hydrogens (tertiary/aromatic N) is 2. The summed E-state index contributed by atoms with van der Waals surface area (Å²) in [4.78, 5) is 4.69. The van der Waals surface area contributed by atoms with E-state index in [1.807, 2.05) is 25.1 Å². The van der Waals surface area contributed by atoms with Gasteiger partial charge < -0.3 is 14.0 Å².